The van der Waals surface area contributed by atoms with Crippen LogP contribution in [0.3, 0.4) is 0 Å². The molecule has 0 heterocycles. The maximum absolute atomic E-state index is 13.4. The van der Waals surface area contributed by atoms with Gasteiger partial charge in [-0.2, -0.15) is 0 Å². The Labute approximate surface area is 189 Å². The zero-order chi connectivity index (χ0) is 23.5. The third kappa shape index (κ3) is 5.33. The molecule has 172 valence electrons. The van der Waals surface area contributed by atoms with E-state index in [1.165, 1.54) is 18.2 Å². The van der Waals surface area contributed by atoms with Crippen LogP contribution in [0.5, 0.6) is 0 Å². The fraction of sp³-hybridized carbons (Fsp3) is 0.364. The molecular weight excluding hydrogens is 464 g/mol. The van der Waals surface area contributed by atoms with Crippen molar-refractivity contribution in [2.24, 2.45) is 5.92 Å². The molecule has 0 aromatic heterocycles. The largest absolute Gasteiger partial charge is 0.396 e. The summed E-state index contributed by atoms with van der Waals surface area (Å²) in [6, 6.07) is 6.60. The van der Waals surface area contributed by atoms with Gasteiger partial charge >= 0.3 is 0 Å². The minimum Gasteiger partial charge on any atom is -0.396 e. The van der Waals surface area contributed by atoms with Crippen LogP contribution in [-0.4, -0.2) is 37.1 Å². The Morgan fingerprint density at radius 3 is 2.44 bits per heavy atom. The predicted molar refractivity (Wildman–Crippen MR) is 115 cm³/mol. The second kappa shape index (κ2) is 10.1. The Kier molecular flexibility index (Phi) is 7.63. The number of amides is 1. The molecule has 0 aliphatic heterocycles. The zero-order valence-electron chi connectivity index (χ0n) is 17.0. The molecule has 6 nitrogen and oxygen atoms in total. The first-order valence-corrected chi connectivity index (χ1v) is 12.0. The summed E-state index contributed by atoms with van der Waals surface area (Å²) in [6.45, 7) is 0.00741. The first-order chi connectivity index (χ1) is 15.1. The van der Waals surface area contributed by atoms with Crippen LogP contribution < -0.4 is 5.32 Å². The normalized spacial score (nSPS) is 18.1. The van der Waals surface area contributed by atoms with Gasteiger partial charge in [0.15, 0.2) is 21.5 Å². The van der Waals surface area contributed by atoms with Gasteiger partial charge in [0.1, 0.15) is 5.78 Å². The number of unbranched alkanes of at least 4 members (excludes halogenated alkanes) is 1. The van der Waals surface area contributed by atoms with Crippen molar-refractivity contribution in [3.05, 3.63) is 58.6 Å². The number of nitrogens with one attached hydrogen (secondary N) is 1. The average molecular weight is 486 g/mol. The molecule has 0 atom stereocenters. The molecule has 0 spiro atoms. The number of benzene rings is 2. The van der Waals surface area contributed by atoms with Gasteiger partial charge in [0.2, 0.25) is 0 Å². The Bertz CT molecular complexity index is 1130. The first kappa shape index (κ1) is 24.3. The minimum absolute atomic E-state index is 0.00741. The molecule has 2 aromatic carbocycles. The fourth-order valence-electron chi connectivity index (χ4n) is 3.52. The second-order valence-corrected chi connectivity index (χ2v) is 10.3. The second-order valence-electron chi connectivity index (χ2n) is 7.71. The van der Waals surface area contributed by atoms with Crippen LogP contribution in [0.1, 0.15) is 42.5 Å². The van der Waals surface area contributed by atoms with Gasteiger partial charge in [0.05, 0.1) is 15.2 Å². The van der Waals surface area contributed by atoms with Crippen LogP contribution in [-0.2, 0) is 14.6 Å². The number of halogens is 3. The summed E-state index contributed by atoms with van der Waals surface area (Å²) in [7, 11) is -3.88. The van der Waals surface area contributed by atoms with Crippen molar-refractivity contribution >= 4 is 38.8 Å². The standard InChI is InChI=1S/C22H22ClF2NO5S/c23-17-6-4-13(22(29)26-15-5-7-18(24)19(25)12-15)11-21(17)32(30,31)16-9-14(10-16)20(28)3-1-2-8-27/h4-7,11-12,14,16,27H,1-3,8-10H2,(H,26,29). The van der Waals surface area contributed by atoms with E-state index in [9.17, 15) is 26.8 Å². The van der Waals surface area contributed by atoms with Crippen molar-refractivity contribution in [2.45, 2.75) is 42.2 Å². The van der Waals surface area contributed by atoms with E-state index in [1.54, 1.807) is 0 Å². The highest BCUT2D eigenvalue weighted by Crippen LogP contribution is 2.39. The number of aliphatic hydroxyl groups excluding tert-OH is 1. The van der Waals surface area contributed by atoms with Crippen LogP contribution in [0.4, 0.5) is 14.5 Å². The number of hydrogen-bond acceptors (Lipinski definition) is 5. The van der Waals surface area contributed by atoms with Crippen LogP contribution in [0.2, 0.25) is 5.02 Å². The Balaban J connectivity index is 1.71. The van der Waals surface area contributed by atoms with Gasteiger partial charge in [-0.1, -0.05) is 11.6 Å². The van der Waals surface area contributed by atoms with Gasteiger partial charge in [0, 0.05) is 36.3 Å². The van der Waals surface area contributed by atoms with E-state index < -0.39 is 32.6 Å². The number of Topliss-reactive ketones (excluding diaryl/α,β-unsaturated/α-hetero) is 1. The van der Waals surface area contributed by atoms with Gasteiger partial charge in [-0.25, -0.2) is 17.2 Å². The molecular formula is C22H22ClF2NO5S. The lowest BCUT2D eigenvalue weighted by atomic mass is 9.80. The number of carbonyl (C=O) groups is 2. The number of hydrogen-bond donors (Lipinski definition) is 2. The average Bonchev–Trinajstić information content (AvgIpc) is 2.69. The third-order valence-corrected chi connectivity index (χ3v) is 8.15. The SMILES string of the molecule is O=C(Nc1ccc(F)c(F)c1)c1ccc(Cl)c(S(=O)(=O)C2CC(C(=O)CCCCO)C2)c1. The summed E-state index contributed by atoms with van der Waals surface area (Å²) in [5.74, 6) is -3.27. The summed E-state index contributed by atoms with van der Waals surface area (Å²) in [6.07, 6.45) is 1.75. The van der Waals surface area contributed by atoms with Crippen molar-refractivity contribution in [1.29, 1.82) is 0 Å². The number of ketones is 1. The number of carbonyl (C=O) groups excluding carboxylic acids is 2. The van der Waals surface area contributed by atoms with Crippen LogP contribution >= 0.6 is 11.6 Å². The summed E-state index contributed by atoms with van der Waals surface area (Å²) >= 11 is 6.10. The highest BCUT2D eigenvalue weighted by Gasteiger charge is 2.43. The van der Waals surface area contributed by atoms with Crippen LogP contribution in [0.25, 0.3) is 0 Å². The van der Waals surface area contributed by atoms with E-state index >= 15 is 0 Å². The molecule has 10 heteroatoms. The van der Waals surface area contributed by atoms with E-state index in [0.29, 0.717) is 19.3 Å². The summed E-state index contributed by atoms with van der Waals surface area (Å²) in [4.78, 5) is 24.4. The molecule has 3 rings (SSSR count). The third-order valence-electron chi connectivity index (χ3n) is 5.50. The lowest BCUT2D eigenvalue weighted by Crippen LogP contribution is -2.40. The Hall–Kier alpha value is -2.36. The lowest BCUT2D eigenvalue weighted by Gasteiger charge is -2.34. The first-order valence-electron chi connectivity index (χ1n) is 10.1. The molecule has 1 aliphatic carbocycles. The zero-order valence-corrected chi connectivity index (χ0v) is 18.6. The van der Waals surface area contributed by atoms with Gasteiger partial charge in [-0.15, -0.1) is 0 Å². The smallest absolute Gasteiger partial charge is 0.255 e. The molecule has 1 amide bonds. The van der Waals surface area contributed by atoms with Crippen molar-refractivity contribution < 1.29 is 31.9 Å². The molecule has 32 heavy (non-hydrogen) atoms. The molecule has 1 saturated carbocycles. The summed E-state index contributed by atoms with van der Waals surface area (Å²) < 4.78 is 52.5. The molecule has 0 saturated heterocycles. The predicted octanol–water partition coefficient (Wildman–Crippen LogP) is 4.15. The van der Waals surface area contributed by atoms with E-state index in [1.807, 2.05) is 0 Å². The molecule has 1 aliphatic rings. The molecule has 0 radical (unpaired) electrons. The van der Waals surface area contributed by atoms with Gasteiger partial charge < -0.3 is 10.4 Å². The Morgan fingerprint density at radius 1 is 1.06 bits per heavy atom. The topological polar surface area (TPSA) is 101 Å². The summed E-state index contributed by atoms with van der Waals surface area (Å²) in [5.41, 5.74) is -0.0107. The number of aliphatic hydroxyl groups is 1. The maximum Gasteiger partial charge on any atom is 0.255 e. The number of rotatable bonds is 9. The van der Waals surface area contributed by atoms with Crippen molar-refractivity contribution in [1.82, 2.24) is 0 Å². The fourth-order valence-corrected chi connectivity index (χ4v) is 5.92. The van der Waals surface area contributed by atoms with E-state index in [-0.39, 0.29) is 52.3 Å². The highest BCUT2D eigenvalue weighted by molar-refractivity contribution is 7.92. The van der Waals surface area contributed by atoms with Crippen LogP contribution in [0, 0.1) is 17.6 Å². The molecule has 2 N–H and O–H groups in total. The van der Waals surface area contributed by atoms with Crippen molar-refractivity contribution in [2.75, 3.05) is 11.9 Å². The molecule has 0 unspecified atom stereocenters. The van der Waals surface area contributed by atoms with Crippen molar-refractivity contribution in [3.8, 4) is 0 Å². The van der Waals surface area contributed by atoms with Crippen molar-refractivity contribution in [3.63, 3.8) is 0 Å². The number of anilines is 1. The molecule has 1 fully saturated rings. The monoisotopic (exact) mass is 485 g/mol. The van der Waals surface area contributed by atoms with Gasteiger partial charge in [0.25, 0.3) is 5.91 Å². The number of sulfone groups is 1. The van der Waals surface area contributed by atoms with E-state index in [4.69, 9.17) is 16.7 Å². The Morgan fingerprint density at radius 2 is 1.78 bits per heavy atom. The highest BCUT2D eigenvalue weighted by atomic mass is 35.5. The molecule has 2 aromatic rings. The van der Waals surface area contributed by atoms with Gasteiger partial charge in [-0.05, 0) is 56.0 Å². The van der Waals surface area contributed by atoms with E-state index in [2.05, 4.69) is 5.32 Å². The molecule has 0 bridgehead atoms. The maximum atomic E-state index is 13.4. The summed E-state index contributed by atoms with van der Waals surface area (Å²) in [5, 5.41) is 10.3. The quantitative estimate of drug-likeness (QED) is 0.519. The van der Waals surface area contributed by atoms with E-state index in [0.717, 1.165) is 18.2 Å². The van der Waals surface area contributed by atoms with Gasteiger partial charge in [-0.3, -0.25) is 9.59 Å². The lowest BCUT2D eigenvalue weighted by molar-refractivity contribution is -0.125. The van der Waals surface area contributed by atoms with Crippen LogP contribution in [0.15, 0.2) is 41.3 Å². The minimum atomic E-state index is -3.88.